The maximum absolute atomic E-state index is 12.9. The second-order valence-electron chi connectivity index (χ2n) is 7.35. The van der Waals surface area contributed by atoms with Crippen LogP contribution in [0.25, 0.3) is 0 Å². The smallest absolute Gasteiger partial charge is 0.340 e. The summed E-state index contributed by atoms with van der Waals surface area (Å²) in [7, 11) is -3.87. The van der Waals surface area contributed by atoms with E-state index in [-0.39, 0.29) is 49.9 Å². The highest BCUT2D eigenvalue weighted by molar-refractivity contribution is 7.89. The van der Waals surface area contributed by atoms with Gasteiger partial charge in [-0.25, -0.2) is 18.4 Å². The maximum Gasteiger partial charge on any atom is 0.340 e. The highest BCUT2D eigenvalue weighted by Gasteiger charge is 2.33. The molecule has 0 spiro atoms. The van der Waals surface area contributed by atoms with E-state index in [1.807, 2.05) is 0 Å². The summed E-state index contributed by atoms with van der Waals surface area (Å²) in [5, 5.41) is 7.45. The zero-order valence-electron chi connectivity index (χ0n) is 17.4. The number of carbonyl (C=O) groups is 4. The van der Waals surface area contributed by atoms with Crippen molar-refractivity contribution < 1.29 is 32.3 Å². The molecule has 11 heteroatoms. The van der Waals surface area contributed by atoms with Gasteiger partial charge in [-0.1, -0.05) is 24.3 Å². The maximum atomic E-state index is 12.9. The summed E-state index contributed by atoms with van der Waals surface area (Å²) in [5.74, 6) is -2.53. The lowest BCUT2D eigenvalue weighted by Crippen LogP contribution is -2.25. The Morgan fingerprint density at radius 3 is 2.09 bits per heavy atom. The molecule has 0 unspecified atom stereocenters. The van der Waals surface area contributed by atoms with Gasteiger partial charge < -0.3 is 15.8 Å². The van der Waals surface area contributed by atoms with Crippen LogP contribution in [-0.2, 0) is 19.6 Å². The number of anilines is 2. The van der Waals surface area contributed by atoms with Crippen molar-refractivity contribution in [1.82, 2.24) is 0 Å². The summed E-state index contributed by atoms with van der Waals surface area (Å²) in [6.07, 6.45) is 0. The largest absolute Gasteiger partial charge is 0.452 e. The molecular weight excluding hydrogens is 462 g/mol. The molecule has 0 bridgehead atoms. The van der Waals surface area contributed by atoms with Gasteiger partial charge in [0.25, 0.3) is 5.91 Å². The van der Waals surface area contributed by atoms with Crippen LogP contribution in [0, 0.1) is 0 Å². The van der Waals surface area contributed by atoms with Crippen molar-refractivity contribution in [1.29, 1.82) is 0 Å². The van der Waals surface area contributed by atoms with E-state index in [1.165, 1.54) is 48.5 Å². The number of rotatable bonds is 5. The molecule has 0 saturated carbocycles. The van der Waals surface area contributed by atoms with Gasteiger partial charge in [-0.3, -0.25) is 14.4 Å². The lowest BCUT2D eigenvalue weighted by molar-refractivity contribution is -0.119. The normalized spacial score (nSPS) is 12.5. The van der Waals surface area contributed by atoms with Crippen LogP contribution in [0.3, 0.4) is 0 Å². The second-order valence-corrected chi connectivity index (χ2v) is 8.91. The molecule has 0 aromatic heterocycles. The van der Waals surface area contributed by atoms with Gasteiger partial charge in [-0.15, -0.1) is 0 Å². The second kappa shape index (κ2) is 8.54. The Labute approximate surface area is 193 Å². The van der Waals surface area contributed by atoms with Crippen molar-refractivity contribution >= 4 is 44.8 Å². The number of sulfonamides is 1. The molecule has 1 aliphatic carbocycles. The van der Waals surface area contributed by atoms with Crippen LogP contribution in [0.1, 0.15) is 42.2 Å². The number of carbonyl (C=O) groups excluding carboxylic acids is 4. The first-order valence-corrected chi connectivity index (χ1v) is 11.3. The van der Waals surface area contributed by atoms with Gasteiger partial charge in [-0.2, -0.15) is 0 Å². The standard InChI is InChI=1S/C23H17N3O7S/c24-20-17(10-9-16-19(20)22(29)15-4-2-1-3-14(15)21(16)28)23(30)33-11-18(27)26-12-5-7-13(8-6-12)34(25,31)32/h1-10H,11,24H2,(H,26,27)(H2,25,31,32). The molecule has 5 N–H and O–H groups in total. The molecule has 10 nitrogen and oxygen atoms in total. The third kappa shape index (κ3) is 4.17. The molecule has 3 aromatic carbocycles. The summed E-state index contributed by atoms with van der Waals surface area (Å²) in [6, 6.07) is 13.9. The van der Waals surface area contributed by atoms with E-state index in [2.05, 4.69) is 5.32 Å². The number of hydrogen-bond donors (Lipinski definition) is 3. The third-order valence-electron chi connectivity index (χ3n) is 5.15. The van der Waals surface area contributed by atoms with Gasteiger partial charge >= 0.3 is 5.97 Å². The Balaban J connectivity index is 1.47. The Morgan fingerprint density at radius 1 is 0.853 bits per heavy atom. The van der Waals surface area contributed by atoms with Crippen molar-refractivity contribution in [3.05, 3.63) is 88.5 Å². The number of benzene rings is 3. The molecule has 0 aliphatic heterocycles. The molecule has 0 heterocycles. The third-order valence-corrected chi connectivity index (χ3v) is 6.08. The van der Waals surface area contributed by atoms with E-state index in [4.69, 9.17) is 15.6 Å². The quantitative estimate of drug-likeness (QED) is 0.285. The Morgan fingerprint density at radius 2 is 1.47 bits per heavy atom. The highest BCUT2D eigenvalue weighted by Crippen LogP contribution is 2.32. The van der Waals surface area contributed by atoms with Crippen LogP contribution >= 0.6 is 0 Å². The SMILES string of the molecule is Nc1c(C(=O)OCC(=O)Nc2ccc(S(N)(=O)=O)cc2)ccc2c1C(=O)c1ccccc1C2=O. The van der Waals surface area contributed by atoms with E-state index in [0.29, 0.717) is 0 Å². The van der Waals surface area contributed by atoms with Gasteiger partial charge in [0.2, 0.25) is 10.0 Å². The predicted molar refractivity (Wildman–Crippen MR) is 121 cm³/mol. The van der Waals surface area contributed by atoms with E-state index in [1.54, 1.807) is 12.1 Å². The number of ketones is 2. The van der Waals surface area contributed by atoms with Crippen LogP contribution < -0.4 is 16.2 Å². The molecule has 0 saturated heterocycles. The zero-order valence-corrected chi connectivity index (χ0v) is 18.2. The van der Waals surface area contributed by atoms with E-state index in [0.717, 1.165) is 0 Å². The molecule has 0 atom stereocenters. The minimum atomic E-state index is -3.87. The molecule has 34 heavy (non-hydrogen) atoms. The van der Waals surface area contributed by atoms with Gasteiger partial charge in [0.15, 0.2) is 18.2 Å². The average molecular weight is 479 g/mol. The number of nitrogen functional groups attached to an aromatic ring is 1. The summed E-state index contributed by atoms with van der Waals surface area (Å²) in [6.45, 7) is -0.679. The zero-order chi connectivity index (χ0) is 24.6. The lowest BCUT2D eigenvalue weighted by Gasteiger charge is -2.20. The number of amides is 1. The minimum absolute atomic E-state index is 0.0819. The predicted octanol–water partition coefficient (Wildman–Crippen LogP) is 1.49. The van der Waals surface area contributed by atoms with Crippen LogP contribution in [0.5, 0.6) is 0 Å². The van der Waals surface area contributed by atoms with Gasteiger partial charge in [-0.05, 0) is 36.4 Å². The Kier molecular flexibility index (Phi) is 5.73. The fraction of sp³-hybridized carbons (Fsp3) is 0.0435. The Hall–Kier alpha value is -4.35. The number of primary sulfonamides is 1. The topological polar surface area (TPSA) is 176 Å². The fourth-order valence-corrected chi connectivity index (χ4v) is 4.04. The molecule has 0 fully saturated rings. The Bertz CT molecular complexity index is 1480. The summed E-state index contributed by atoms with van der Waals surface area (Å²) in [4.78, 5) is 50.2. The first-order chi connectivity index (χ1) is 16.1. The van der Waals surface area contributed by atoms with Crippen molar-refractivity contribution in [3.63, 3.8) is 0 Å². The van der Waals surface area contributed by atoms with E-state index in [9.17, 15) is 27.6 Å². The first kappa shape index (κ1) is 22.8. The van der Waals surface area contributed by atoms with Crippen molar-refractivity contribution in [2.75, 3.05) is 17.7 Å². The lowest BCUT2D eigenvalue weighted by atomic mass is 9.82. The number of nitrogens with two attached hydrogens (primary N) is 2. The van der Waals surface area contributed by atoms with Crippen LogP contribution in [0.2, 0.25) is 0 Å². The van der Waals surface area contributed by atoms with Gasteiger partial charge in [0, 0.05) is 22.4 Å². The number of nitrogens with one attached hydrogen (secondary N) is 1. The number of esters is 1. The minimum Gasteiger partial charge on any atom is -0.452 e. The molecule has 0 radical (unpaired) electrons. The van der Waals surface area contributed by atoms with Crippen LogP contribution in [0.4, 0.5) is 11.4 Å². The summed E-state index contributed by atoms with van der Waals surface area (Å²) < 4.78 is 27.6. The molecular formula is C23H17N3O7S. The number of fused-ring (bicyclic) bond motifs is 2. The van der Waals surface area contributed by atoms with Crippen molar-refractivity contribution in [2.45, 2.75) is 4.90 Å². The molecule has 1 amide bonds. The van der Waals surface area contributed by atoms with E-state index < -0.39 is 34.3 Å². The van der Waals surface area contributed by atoms with E-state index >= 15 is 0 Å². The summed E-state index contributed by atoms with van der Waals surface area (Å²) >= 11 is 0. The van der Waals surface area contributed by atoms with Crippen LogP contribution in [-0.4, -0.2) is 38.5 Å². The molecule has 172 valence electrons. The molecule has 4 rings (SSSR count). The van der Waals surface area contributed by atoms with Crippen molar-refractivity contribution in [3.8, 4) is 0 Å². The molecule has 1 aliphatic rings. The fourth-order valence-electron chi connectivity index (χ4n) is 3.52. The first-order valence-electron chi connectivity index (χ1n) is 9.78. The highest BCUT2D eigenvalue weighted by atomic mass is 32.2. The summed E-state index contributed by atoms with van der Waals surface area (Å²) in [5.41, 5.74) is 6.37. The van der Waals surface area contributed by atoms with Gasteiger partial charge in [0.05, 0.1) is 21.7 Å². The molecule has 3 aromatic rings. The monoisotopic (exact) mass is 479 g/mol. The average Bonchev–Trinajstić information content (AvgIpc) is 2.80. The van der Waals surface area contributed by atoms with Crippen molar-refractivity contribution in [2.24, 2.45) is 5.14 Å². The number of hydrogen-bond acceptors (Lipinski definition) is 8. The van der Waals surface area contributed by atoms with Gasteiger partial charge in [0.1, 0.15) is 0 Å². The number of ether oxygens (including phenoxy) is 1. The van der Waals surface area contributed by atoms with Crippen LogP contribution in [0.15, 0.2) is 65.6 Å².